The number of aromatic nitrogens is 2. The number of hydrogen-bond acceptors (Lipinski definition) is 2. The monoisotopic (exact) mass is 179 g/mol. The Labute approximate surface area is 79.1 Å². The van der Waals surface area contributed by atoms with Gasteiger partial charge in [0.1, 0.15) is 0 Å². The molecule has 0 unspecified atom stereocenters. The first-order chi connectivity index (χ1) is 6.08. The van der Waals surface area contributed by atoms with Gasteiger partial charge in [-0.25, -0.2) is 0 Å². The Morgan fingerprint density at radius 3 is 2.77 bits per heavy atom. The van der Waals surface area contributed by atoms with Crippen molar-refractivity contribution in [3.05, 3.63) is 17.5 Å². The Balaban J connectivity index is 1.99. The predicted molar refractivity (Wildman–Crippen MR) is 52.4 cm³/mol. The third-order valence-electron chi connectivity index (χ3n) is 2.96. The van der Waals surface area contributed by atoms with E-state index in [1.165, 1.54) is 13.0 Å². The van der Waals surface area contributed by atoms with Gasteiger partial charge in [-0.05, 0) is 33.3 Å². The summed E-state index contributed by atoms with van der Waals surface area (Å²) in [6.45, 7) is 8.81. The smallest absolute Gasteiger partial charge is 0.0765 e. The van der Waals surface area contributed by atoms with Crippen LogP contribution in [0.15, 0.2) is 6.07 Å². The molecule has 2 heterocycles. The highest BCUT2D eigenvalue weighted by Crippen LogP contribution is 2.30. The summed E-state index contributed by atoms with van der Waals surface area (Å²) in [7, 11) is 0. The number of nitrogens with zero attached hydrogens (tertiary/aromatic N) is 2. The van der Waals surface area contributed by atoms with Crippen LogP contribution in [-0.2, 0) is 6.54 Å². The van der Waals surface area contributed by atoms with E-state index < -0.39 is 0 Å². The zero-order chi connectivity index (χ0) is 9.47. The minimum atomic E-state index is 0.382. The molecule has 1 aliphatic rings. The van der Waals surface area contributed by atoms with E-state index in [0.29, 0.717) is 5.54 Å². The highest BCUT2D eigenvalue weighted by Gasteiger charge is 2.35. The summed E-state index contributed by atoms with van der Waals surface area (Å²) < 4.78 is 0. The Morgan fingerprint density at radius 2 is 2.38 bits per heavy atom. The molecule has 0 bridgehead atoms. The molecule has 1 aliphatic heterocycles. The topological polar surface area (TPSA) is 31.9 Å². The Morgan fingerprint density at radius 1 is 1.62 bits per heavy atom. The molecule has 0 spiro atoms. The van der Waals surface area contributed by atoms with Gasteiger partial charge in [-0.15, -0.1) is 0 Å². The minimum Gasteiger partial charge on any atom is -0.292 e. The molecule has 3 heteroatoms. The summed E-state index contributed by atoms with van der Waals surface area (Å²) in [5, 5.41) is 7.21. The van der Waals surface area contributed by atoms with E-state index in [4.69, 9.17) is 0 Å². The van der Waals surface area contributed by atoms with Gasteiger partial charge in [-0.3, -0.25) is 10.00 Å². The van der Waals surface area contributed by atoms with Crippen LogP contribution < -0.4 is 0 Å². The summed E-state index contributed by atoms with van der Waals surface area (Å²) in [6.07, 6.45) is 1.30. The number of hydrogen-bond donors (Lipinski definition) is 1. The molecular weight excluding hydrogens is 162 g/mol. The number of aromatic amines is 1. The average molecular weight is 179 g/mol. The first-order valence-corrected chi connectivity index (χ1v) is 4.84. The second-order valence-electron chi connectivity index (χ2n) is 4.53. The molecule has 1 aromatic heterocycles. The molecule has 0 radical (unpaired) electrons. The molecular formula is C10H17N3. The van der Waals surface area contributed by atoms with E-state index in [0.717, 1.165) is 17.9 Å². The summed E-state index contributed by atoms with van der Waals surface area (Å²) in [5.74, 6) is 0. The van der Waals surface area contributed by atoms with E-state index in [9.17, 15) is 0 Å². The van der Waals surface area contributed by atoms with Crippen molar-refractivity contribution in [3.63, 3.8) is 0 Å². The van der Waals surface area contributed by atoms with Gasteiger partial charge in [0, 0.05) is 24.3 Å². The van der Waals surface area contributed by atoms with E-state index >= 15 is 0 Å². The van der Waals surface area contributed by atoms with Crippen molar-refractivity contribution in [2.24, 2.45) is 0 Å². The van der Waals surface area contributed by atoms with Crippen LogP contribution in [0.2, 0.25) is 0 Å². The first-order valence-electron chi connectivity index (χ1n) is 4.84. The van der Waals surface area contributed by atoms with Crippen molar-refractivity contribution < 1.29 is 0 Å². The fraction of sp³-hybridized carbons (Fsp3) is 0.700. The highest BCUT2D eigenvalue weighted by atomic mass is 15.3. The molecule has 3 nitrogen and oxygen atoms in total. The zero-order valence-corrected chi connectivity index (χ0v) is 8.59. The van der Waals surface area contributed by atoms with Crippen molar-refractivity contribution in [3.8, 4) is 0 Å². The molecule has 1 fully saturated rings. The van der Waals surface area contributed by atoms with Gasteiger partial charge in [-0.1, -0.05) is 0 Å². The SMILES string of the molecule is Cc1cc(CN2CCC2(C)C)n[nH]1. The van der Waals surface area contributed by atoms with E-state index in [2.05, 4.69) is 35.0 Å². The van der Waals surface area contributed by atoms with Crippen molar-refractivity contribution >= 4 is 0 Å². The fourth-order valence-electron chi connectivity index (χ4n) is 1.76. The minimum absolute atomic E-state index is 0.382. The molecule has 0 saturated carbocycles. The Hall–Kier alpha value is -0.830. The molecule has 13 heavy (non-hydrogen) atoms. The lowest BCUT2D eigenvalue weighted by Crippen LogP contribution is -2.54. The van der Waals surface area contributed by atoms with Crippen LogP contribution >= 0.6 is 0 Å². The van der Waals surface area contributed by atoms with Crippen LogP contribution in [0.1, 0.15) is 31.7 Å². The largest absolute Gasteiger partial charge is 0.292 e. The van der Waals surface area contributed by atoms with Gasteiger partial charge in [0.2, 0.25) is 0 Å². The van der Waals surface area contributed by atoms with Gasteiger partial charge >= 0.3 is 0 Å². The molecule has 0 amide bonds. The predicted octanol–water partition coefficient (Wildman–Crippen LogP) is 1.70. The van der Waals surface area contributed by atoms with Gasteiger partial charge < -0.3 is 0 Å². The molecule has 1 N–H and O–H groups in total. The van der Waals surface area contributed by atoms with Crippen LogP contribution in [0.3, 0.4) is 0 Å². The lowest BCUT2D eigenvalue weighted by Gasteiger charge is -2.48. The molecule has 2 rings (SSSR count). The lowest BCUT2D eigenvalue weighted by atomic mass is 9.89. The normalized spacial score (nSPS) is 21.5. The fourth-order valence-corrected chi connectivity index (χ4v) is 1.76. The van der Waals surface area contributed by atoms with Crippen LogP contribution in [0, 0.1) is 6.92 Å². The summed E-state index contributed by atoms with van der Waals surface area (Å²) in [5.41, 5.74) is 2.69. The van der Waals surface area contributed by atoms with Gasteiger partial charge in [-0.2, -0.15) is 5.10 Å². The molecule has 1 aromatic rings. The average Bonchev–Trinajstić information content (AvgIpc) is 2.46. The second-order valence-corrected chi connectivity index (χ2v) is 4.53. The molecule has 1 saturated heterocycles. The lowest BCUT2D eigenvalue weighted by molar-refractivity contribution is 0.00684. The standard InChI is InChI=1S/C10H17N3/c1-8-6-9(12-11-8)7-13-5-4-10(13,2)3/h6H,4-5,7H2,1-3H3,(H,11,12). The Bertz CT molecular complexity index is 301. The van der Waals surface area contributed by atoms with Gasteiger partial charge in [0.25, 0.3) is 0 Å². The van der Waals surface area contributed by atoms with Crippen molar-refractivity contribution in [2.75, 3.05) is 6.54 Å². The zero-order valence-electron chi connectivity index (χ0n) is 8.59. The maximum absolute atomic E-state index is 4.24. The van der Waals surface area contributed by atoms with Crippen LogP contribution in [0.25, 0.3) is 0 Å². The Kier molecular flexibility index (Phi) is 1.91. The molecule has 0 aromatic carbocycles. The van der Waals surface area contributed by atoms with E-state index in [1.807, 2.05) is 6.92 Å². The summed E-state index contributed by atoms with van der Waals surface area (Å²) in [4.78, 5) is 2.46. The van der Waals surface area contributed by atoms with Gasteiger partial charge in [0.15, 0.2) is 0 Å². The van der Waals surface area contributed by atoms with Gasteiger partial charge in [0.05, 0.1) is 5.69 Å². The molecule has 72 valence electrons. The van der Waals surface area contributed by atoms with Crippen LogP contribution in [0.4, 0.5) is 0 Å². The molecule has 0 aliphatic carbocycles. The van der Waals surface area contributed by atoms with Crippen molar-refractivity contribution in [1.29, 1.82) is 0 Å². The van der Waals surface area contributed by atoms with E-state index in [1.54, 1.807) is 0 Å². The number of likely N-dealkylation sites (tertiary alicyclic amines) is 1. The second kappa shape index (κ2) is 2.84. The first kappa shape index (κ1) is 8.75. The number of rotatable bonds is 2. The number of aryl methyl sites for hydroxylation is 1. The number of nitrogens with one attached hydrogen (secondary N) is 1. The van der Waals surface area contributed by atoms with Crippen LogP contribution in [0.5, 0.6) is 0 Å². The summed E-state index contributed by atoms with van der Waals surface area (Å²) >= 11 is 0. The maximum Gasteiger partial charge on any atom is 0.0765 e. The van der Waals surface area contributed by atoms with Crippen molar-refractivity contribution in [2.45, 2.75) is 39.3 Å². The van der Waals surface area contributed by atoms with E-state index in [-0.39, 0.29) is 0 Å². The van der Waals surface area contributed by atoms with Crippen molar-refractivity contribution in [1.82, 2.24) is 15.1 Å². The third kappa shape index (κ3) is 1.61. The van der Waals surface area contributed by atoms with Crippen LogP contribution in [-0.4, -0.2) is 27.2 Å². The quantitative estimate of drug-likeness (QED) is 0.749. The maximum atomic E-state index is 4.24. The molecule has 0 atom stereocenters. The number of H-pyrrole nitrogens is 1. The third-order valence-corrected chi connectivity index (χ3v) is 2.96. The summed E-state index contributed by atoms with van der Waals surface area (Å²) in [6, 6.07) is 2.12. The highest BCUT2D eigenvalue weighted by molar-refractivity contribution is 5.08.